The van der Waals surface area contributed by atoms with Crippen LogP contribution in [0.25, 0.3) is 11.4 Å². The van der Waals surface area contributed by atoms with Crippen molar-refractivity contribution in [2.24, 2.45) is 5.92 Å². The molecule has 0 atom stereocenters. The molecule has 0 saturated heterocycles. The number of aryl methyl sites for hydroxylation is 1. The van der Waals surface area contributed by atoms with Crippen molar-refractivity contribution >= 4 is 9.84 Å². The van der Waals surface area contributed by atoms with E-state index in [0.29, 0.717) is 12.4 Å². The molecule has 0 amide bonds. The Morgan fingerprint density at radius 2 is 1.95 bits per heavy atom. The minimum Gasteiger partial charge on any atom is -0.298 e. The number of benzene rings is 1. The minimum atomic E-state index is -3.42. The molecule has 22 heavy (non-hydrogen) atoms. The lowest BCUT2D eigenvalue weighted by molar-refractivity contribution is 0.548. The van der Waals surface area contributed by atoms with E-state index in [1.807, 2.05) is 52.0 Å². The average Bonchev–Trinajstić information content (AvgIpc) is 2.82. The molecule has 0 aliphatic carbocycles. The highest BCUT2D eigenvalue weighted by Gasteiger charge is 2.25. The molecule has 0 bridgehead atoms. The van der Waals surface area contributed by atoms with E-state index in [1.54, 1.807) is 4.57 Å². The predicted octanol–water partition coefficient (Wildman–Crippen LogP) is 3.09. The SMILES string of the molecule is CCCn1c(-c2cccc(C)c2)nnc1S(=O)(=O)CC(C)C. The maximum Gasteiger partial charge on any atom is 0.250 e. The van der Waals surface area contributed by atoms with Crippen LogP contribution in [0.3, 0.4) is 0 Å². The molecular weight excluding hydrogens is 298 g/mol. The maximum atomic E-state index is 12.5. The molecule has 2 aromatic rings. The molecule has 1 aromatic heterocycles. The van der Waals surface area contributed by atoms with Gasteiger partial charge in [0.05, 0.1) is 5.75 Å². The molecule has 120 valence electrons. The molecule has 0 fully saturated rings. The fraction of sp³-hybridized carbons (Fsp3) is 0.500. The summed E-state index contributed by atoms with van der Waals surface area (Å²) in [5, 5.41) is 8.23. The van der Waals surface area contributed by atoms with Crippen LogP contribution in [-0.2, 0) is 16.4 Å². The Labute approximate surface area is 132 Å². The Balaban J connectivity index is 2.55. The molecule has 0 N–H and O–H groups in total. The Bertz CT molecular complexity index is 749. The van der Waals surface area contributed by atoms with E-state index in [0.717, 1.165) is 17.5 Å². The summed E-state index contributed by atoms with van der Waals surface area (Å²) in [5.74, 6) is 0.759. The number of hydrogen-bond donors (Lipinski definition) is 0. The molecule has 0 radical (unpaired) electrons. The molecule has 0 saturated carbocycles. The topological polar surface area (TPSA) is 64.8 Å². The van der Waals surface area contributed by atoms with Crippen LogP contribution in [0.1, 0.15) is 32.8 Å². The van der Waals surface area contributed by atoms with Crippen LogP contribution in [0.15, 0.2) is 29.4 Å². The first-order valence-corrected chi connectivity index (χ1v) is 9.23. The summed E-state index contributed by atoms with van der Waals surface area (Å²) < 4.78 is 26.8. The smallest absolute Gasteiger partial charge is 0.250 e. The van der Waals surface area contributed by atoms with Gasteiger partial charge in [0.25, 0.3) is 0 Å². The predicted molar refractivity (Wildman–Crippen MR) is 87.4 cm³/mol. The number of rotatable bonds is 6. The molecular formula is C16H23N3O2S. The molecule has 1 heterocycles. The Morgan fingerprint density at radius 3 is 2.55 bits per heavy atom. The molecule has 1 aromatic carbocycles. The van der Waals surface area contributed by atoms with E-state index in [2.05, 4.69) is 10.2 Å². The summed E-state index contributed by atoms with van der Waals surface area (Å²) in [6, 6.07) is 7.87. The lowest BCUT2D eigenvalue weighted by Gasteiger charge is -2.11. The normalized spacial score (nSPS) is 12.0. The molecule has 0 aliphatic heterocycles. The zero-order chi connectivity index (χ0) is 16.3. The van der Waals surface area contributed by atoms with E-state index in [1.165, 1.54) is 0 Å². The van der Waals surface area contributed by atoms with Gasteiger partial charge in [-0.05, 0) is 25.3 Å². The van der Waals surface area contributed by atoms with Crippen molar-refractivity contribution in [2.75, 3.05) is 5.75 Å². The van der Waals surface area contributed by atoms with Gasteiger partial charge in [0.15, 0.2) is 5.82 Å². The maximum absolute atomic E-state index is 12.5. The highest BCUT2D eigenvalue weighted by atomic mass is 32.2. The van der Waals surface area contributed by atoms with Crippen molar-refractivity contribution < 1.29 is 8.42 Å². The summed E-state index contributed by atoms with van der Waals surface area (Å²) in [4.78, 5) is 0. The zero-order valence-electron chi connectivity index (χ0n) is 13.6. The van der Waals surface area contributed by atoms with E-state index < -0.39 is 9.84 Å². The Morgan fingerprint density at radius 1 is 1.23 bits per heavy atom. The first-order chi connectivity index (χ1) is 10.3. The quantitative estimate of drug-likeness (QED) is 0.820. The van der Waals surface area contributed by atoms with E-state index >= 15 is 0 Å². The van der Waals surface area contributed by atoms with Crippen LogP contribution in [0, 0.1) is 12.8 Å². The highest BCUT2D eigenvalue weighted by Crippen LogP contribution is 2.23. The van der Waals surface area contributed by atoms with Crippen LogP contribution in [-0.4, -0.2) is 28.9 Å². The molecule has 2 rings (SSSR count). The lowest BCUT2D eigenvalue weighted by Crippen LogP contribution is -2.18. The van der Waals surface area contributed by atoms with Gasteiger partial charge >= 0.3 is 0 Å². The van der Waals surface area contributed by atoms with E-state index in [-0.39, 0.29) is 16.8 Å². The average molecular weight is 321 g/mol. The van der Waals surface area contributed by atoms with Crippen LogP contribution in [0.2, 0.25) is 0 Å². The number of hydrogen-bond acceptors (Lipinski definition) is 4. The lowest BCUT2D eigenvalue weighted by atomic mass is 10.1. The third-order valence-electron chi connectivity index (χ3n) is 3.27. The van der Waals surface area contributed by atoms with Gasteiger partial charge in [-0.1, -0.05) is 44.5 Å². The first-order valence-electron chi connectivity index (χ1n) is 7.58. The molecule has 6 heteroatoms. The van der Waals surface area contributed by atoms with Gasteiger partial charge in [-0.3, -0.25) is 4.57 Å². The fourth-order valence-electron chi connectivity index (χ4n) is 2.46. The molecule has 0 spiro atoms. The van der Waals surface area contributed by atoms with Crippen LogP contribution < -0.4 is 0 Å². The van der Waals surface area contributed by atoms with Crippen molar-refractivity contribution in [1.82, 2.24) is 14.8 Å². The second-order valence-corrected chi connectivity index (χ2v) is 7.93. The second kappa shape index (κ2) is 6.60. The van der Waals surface area contributed by atoms with Crippen LogP contribution >= 0.6 is 0 Å². The fourth-order valence-corrected chi connectivity index (χ4v) is 4.16. The van der Waals surface area contributed by atoms with Gasteiger partial charge in [0.2, 0.25) is 15.0 Å². The minimum absolute atomic E-state index is 0.0548. The third-order valence-corrected chi connectivity index (χ3v) is 5.24. The van der Waals surface area contributed by atoms with Gasteiger partial charge in [-0.25, -0.2) is 8.42 Å². The summed E-state index contributed by atoms with van der Waals surface area (Å²) in [7, 11) is -3.42. The van der Waals surface area contributed by atoms with Crippen molar-refractivity contribution in [3.63, 3.8) is 0 Å². The molecule has 0 aliphatic rings. The first kappa shape index (κ1) is 16.7. The standard InChI is InChI=1S/C16H23N3O2S/c1-5-9-19-15(14-8-6-7-13(4)10-14)17-18-16(19)22(20,21)11-12(2)3/h6-8,10,12H,5,9,11H2,1-4H3. The van der Waals surface area contributed by atoms with E-state index in [4.69, 9.17) is 0 Å². The van der Waals surface area contributed by atoms with Gasteiger partial charge in [-0.15, -0.1) is 10.2 Å². The summed E-state index contributed by atoms with van der Waals surface area (Å²) in [6.07, 6.45) is 0.820. The Kier molecular flexibility index (Phi) is 5.01. The monoisotopic (exact) mass is 321 g/mol. The van der Waals surface area contributed by atoms with Crippen molar-refractivity contribution in [1.29, 1.82) is 0 Å². The van der Waals surface area contributed by atoms with Crippen LogP contribution in [0.4, 0.5) is 0 Å². The van der Waals surface area contributed by atoms with Gasteiger partial charge in [-0.2, -0.15) is 0 Å². The number of nitrogens with zero attached hydrogens (tertiary/aromatic N) is 3. The summed E-state index contributed by atoms with van der Waals surface area (Å²) in [5.41, 5.74) is 2.00. The van der Waals surface area contributed by atoms with Gasteiger partial charge < -0.3 is 0 Å². The van der Waals surface area contributed by atoms with Crippen molar-refractivity contribution in [2.45, 2.75) is 45.8 Å². The van der Waals surface area contributed by atoms with Gasteiger partial charge in [0, 0.05) is 12.1 Å². The molecule has 5 nitrogen and oxygen atoms in total. The summed E-state index contributed by atoms with van der Waals surface area (Å²) in [6.45, 7) is 8.38. The Hall–Kier alpha value is -1.69. The highest BCUT2D eigenvalue weighted by molar-refractivity contribution is 7.91. The second-order valence-electron chi connectivity index (χ2n) is 6.00. The van der Waals surface area contributed by atoms with Crippen molar-refractivity contribution in [3.8, 4) is 11.4 Å². The largest absolute Gasteiger partial charge is 0.298 e. The molecule has 0 unspecified atom stereocenters. The third kappa shape index (κ3) is 3.55. The van der Waals surface area contributed by atoms with Crippen molar-refractivity contribution in [3.05, 3.63) is 29.8 Å². The van der Waals surface area contributed by atoms with Gasteiger partial charge in [0.1, 0.15) is 0 Å². The zero-order valence-corrected chi connectivity index (χ0v) is 14.4. The van der Waals surface area contributed by atoms with Crippen LogP contribution in [0.5, 0.6) is 0 Å². The number of aromatic nitrogens is 3. The summed E-state index contributed by atoms with van der Waals surface area (Å²) >= 11 is 0. The number of sulfone groups is 1. The van der Waals surface area contributed by atoms with E-state index in [9.17, 15) is 8.42 Å².